The Hall–Kier alpha value is -0.910. The molecule has 27 heavy (non-hydrogen) atoms. The molecule has 2 heterocycles. The second-order valence-corrected chi connectivity index (χ2v) is 11.5. The molecule has 2 atom stereocenters. The van der Waals surface area contributed by atoms with Gasteiger partial charge in [0.25, 0.3) is 0 Å². The summed E-state index contributed by atoms with van der Waals surface area (Å²) < 4.78 is 25.7. The van der Waals surface area contributed by atoms with Crippen LogP contribution in [0.3, 0.4) is 0 Å². The van der Waals surface area contributed by atoms with Crippen LogP contribution in [0.2, 0.25) is 0 Å². The predicted molar refractivity (Wildman–Crippen MR) is 112 cm³/mol. The molecule has 0 aliphatic carbocycles. The number of amidine groups is 1. The number of anilines is 1. The van der Waals surface area contributed by atoms with Gasteiger partial charge in [0.15, 0.2) is 15.0 Å². The van der Waals surface area contributed by atoms with Gasteiger partial charge in [-0.25, -0.2) is 8.42 Å². The number of carbonyl (C=O) groups excluding carboxylic acids is 1. The molecule has 0 unspecified atom stereocenters. The second kappa shape index (κ2) is 7.84. The molecule has 2 fully saturated rings. The van der Waals surface area contributed by atoms with Crippen molar-refractivity contribution in [3.63, 3.8) is 0 Å². The quantitative estimate of drug-likeness (QED) is 0.627. The number of aliphatic carboxylic acids is 1. The number of aliphatic imine (C=N–C) groups is 1. The summed E-state index contributed by atoms with van der Waals surface area (Å²) in [7, 11) is -3.16. The van der Waals surface area contributed by atoms with Crippen LogP contribution in [0.1, 0.15) is 18.4 Å². The molecule has 0 radical (unpaired) electrons. The lowest BCUT2D eigenvalue weighted by molar-refractivity contribution is -0.138. The number of aryl methyl sites for hydroxylation is 1. The van der Waals surface area contributed by atoms with Crippen molar-refractivity contribution in [2.24, 2.45) is 4.99 Å². The topological polar surface area (TPSA) is 104 Å². The first-order valence-corrected chi connectivity index (χ1v) is 12.3. The minimum atomic E-state index is -3.16. The Bertz CT molecular complexity index is 925. The summed E-state index contributed by atoms with van der Waals surface area (Å²) >= 11 is 8.32. The van der Waals surface area contributed by atoms with Crippen LogP contribution in [-0.4, -0.2) is 53.4 Å². The fourth-order valence-corrected chi connectivity index (χ4v) is 8.84. The van der Waals surface area contributed by atoms with E-state index >= 15 is 0 Å². The predicted octanol–water partition coefficient (Wildman–Crippen LogP) is 2.99. The Kier molecular flexibility index (Phi) is 6.05. The van der Waals surface area contributed by atoms with E-state index in [0.717, 1.165) is 14.5 Å². The monoisotopic (exact) mass is 538 g/mol. The van der Waals surface area contributed by atoms with Gasteiger partial charge in [-0.05, 0) is 56.5 Å². The number of sulfone groups is 1. The molecule has 2 aliphatic heterocycles. The third-order valence-corrected chi connectivity index (χ3v) is 8.66. The summed E-state index contributed by atoms with van der Waals surface area (Å²) in [6.45, 7) is 1.94. The molecule has 3 rings (SSSR count). The molecule has 2 saturated heterocycles. The number of carboxylic acid groups (broad SMARTS) is 1. The molecule has 2 aliphatic rings. The zero-order chi connectivity index (χ0) is 19.9. The molecule has 1 N–H and O–H groups in total. The van der Waals surface area contributed by atoms with Crippen molar-refractivity contribution < 1.29 is 23.1 Å². The average molecular weight is 540 g/mol. The van der Waals surface area contributed by atoms with Gasteiger partial charge in [-0.15, -0.1) is 0 Å². The zero-order valence-corrected chi connectivity index (χ0v) is 19.0. The Morgan fingerprint density at radius 2 is 1.89 bits per heavy atom. The molecule has 146 valence electrons. The van der Waals surface area contributed by atoms with E-state index in [2.05, 4.69) is 36.9 Å². The van der Waals surface area contributed by atoms with Crippen LogP contribution in [0, 0.1) is 6.92 Å². The maximum atomic E-state index is 12.1. The number of fused-ring (bicyclic) bond motifs is 1. The summed E-state index contributed by atoms with van der Waals surface area (Å²) in [5, 5.41) is 8.93. The minimum Gasteiger partial charge on any atom is -0.481 e. The number of hydrogen-bond acceptors (Lipinski definition) is 5. The summed E-state index contributed by atoms with van der Waals surface area (Å²) in [5.74, 6) is -1.58. The fourth-order valence-electron chi connectivity index (χ4n) is 3.12. The summed E-state index contributed by atoms with van der Waals surface area (Å²) in [6, 6.07) is 3.48. The normalized spacial score (nSPS) is 25.0. The van der Waals surface area contributed by atoms with Gasteiger partial charge in [-0.2, -0.15) is 4.99 Å². The number of nitrogens with zero attached hydrogens (tertiary/aromatic N) is 2. The Balaban J connectivity index is 2.02. The highest BCUT2D eigenvalue weighted by molar-refractivity contribution is 9.11. The molecule has 0 spiro atoms. The van der Waals surface area contributed by atoms with E-state index < -0.39 is 21.7 Å². The number of rotatable bonds is 4. The summed E-state index contributed by atoms with van der Waals surface area (Å²) in [4.78, 5) is 28.7. The molecular weight excluding hydrogens is 524 g/mol. The van der Waals surface area contributed by atoms with Crippen molar-refractivity contribution in [1.82, 2.24) is 0 Å². The molecule has 0 bridgehead atoms. The van der Waals surface area contributed by atoms with Crippen molar-refractivity contribution in [1.29, 1.82) is 0 Å². The van der Waals surface area contributed by atoms with E-state index in [1.807, 2.05) is 19.1 Å². The molecule has 1 amide bonds. The van der Waals surface area contributed by atoms with Crippen LogP contribution < -0.4 is 4.90 Å². The number of benzene rings is 1. The van der Waals surface area contributed by atoms with Crippen LogP contribution in [0.5, 0.6) is 0 Å². The van der Waals surface area contributed by atoms with E-state index in [-0.39, 0.29) is 35.6 Å². The average Bonchev–Trinajstić information content (AvgIpc) is 2.97. The van der Waals surface area contributed by atoms with Crippen molar-refractivity contribution in [3.05, 3.63) is 26.6 Å². The molecular formula is C16H16Br2N2O5S2. The number of halogens is 2. The highest BCUT2D eigenvalue weighted by Crippen LogP contribution is 2.46. The highest BCUT2D eigenvalue weighted by atomic mass is 79.9. The molecule has 1 aromatic carbocycles. The molecule has 11 heteroatoms. The number of thioether (sulfide) groups is 1. The van der Waals surface area contributed by atoms with Gasteiger partial charge < -0.3 is 10.0 Å². The van der Waals surface area contributed by atoms with Crippen molar-refractivity contribution >= 4 is 76.2 Å². The molecule has 0 aromatic heterocycles. The number of hydrogen-bond donors (Lipinski definition) is 1. The summed E-state index contributed by atoms with van der Waals surface area (Å²) in [5.41, 5.74) is 1.72. The fraction of sp³-hybridized carbons (Fsp3) is 0.438. The standard InChI is InChI=1S/C16H16Br2N2O5S2/c1-8-4-9(17)15(10(18)5-8)20-11-6-27(24,25)7-12(11)26-16(20)19-13(21)2-3-14(22)23/h4-5,11-12H,2-3,6-7H2,1H3,(H,22,23)/t11-,12+/m1/s1. The Morgan fingerprint density at radius 3 is 2.48 bits per heavy atom. The van der Waals surface area contributed by atoms with Crippen molar-refractivity contribution in [2.75, 3.05) is 16.4 Å². The largest absolute Gasteiger partial charge is 0.481 e. The van der Waals surface area contributed by atoms with Crippen molar-refractivity contribution in [3.8, 4) is 0 Å². The second-order valence-electron chi connectivity index (χ2n) is 6.43. The van der Waals surface area contributed by atoms with Gasteiger partial charge in [0, 0.05) is 20.6 Å². The lowest BCUT2D eigenvalue weighted by atomic mass is 10.1. The lowest BCUT2D eigenvalue weighted by Crippen LogP contribution is -2.38. The first-order chi connectivity index (χ1) is 12.6. The van der Waals surface area contributed by atoms with Crippen LogP contribution in [0.25, 0.3) is 0 Å². The first-order valence-electron chi connectivity index (χ1n) is 8.02. The Morgan fingerprint density at radius 1 is 1.26 bits per heavy atom. The smallest absolute Gasteiger partial charge is 0.303 e. The number of carboxylic acids is 1. The molecule has 1 aromatic rings. The van der Waals surface area contributed by atoms with Gasteiger partial charge in [-0.1, -0.05) is 11.8 Å². The third-order valence-electron chi connectivity index (χ3n) is 4.24. The number of amides is 1. The highest BCUT2D eigenvalue weighted by Gasteiger charge is 2.50. The van der Waals surface area contributed by atoms with Gasteiger partial charge in [-0.3, -0.25) is 9.59 Å². The number of carbonyl (C=O) groups is 2. The van der Waals surface area contributed by atoms with Crippen LogP contribution in [0.4, 0.5) is 5.69 Å². The summed E-state index contributed by atoms with van der Waals surface area (Å²) in [6.07, 6.45) is -0.490. The Labute approximate surface area is 177 Å². The van der Waals surface area contributed by atoms with Crippen LogP contribution in [-0.2, 0) is 19.4 Å². The van der Waals surface area contributed by atoms with E-state index in [4.69, 9.17) is 5.11 Å². The lowest BCUT2D eigenvalue weighted by Gasteiger charge is -2.27. The van der Waals surface area contributed by atoms with E-state index in [0.29, 0.717) is 10.9 Å². The van der Waals surface area contributed by atoms with Gasteiger partial charge in [0.05, 0.1) is 29.7 Å². The van der Waals surface area contributed by atoms with E-state index in [9.17, 15) is 18.0 Å². The maximum Gasteiger partial charge on any atom is 0.303 e. The van der Waals surface area contributed by atoms with Crippen LogP contribution in [0.15, 0.2) is 26.1 Å². The molecule has 0 saturated carbocycles. The SMILES string of the molecule is Cc1cc(Br)c(N2C(=NC(=O)CCC(=O)O)S[C@H]3CS(=O)(=O)C[C@H]32)c(Br)c1. The van der Waals surface area contributed by atoms with Crippen molar-refractivity contribution in [2.45, 2.75) is 31.1 Å². The van der Waals surface area contributed by atoms with Gasteiger partial charge in [0.1, 0.15) is 0 Å². The zero-order valence-electron chi connectivity index (χ0n) is 14.2. The third kappa shape index (κ3) is 4.57. The maximum absolute atomic E-state index is 12.1. The van der Waals surface area contributed by atoms with Crippen LogP contribution >= 0.6 is 43.6 Å². The molecule has 7 nitrogen and oxygen atoms in total. The first kappa shape index (κ1) is 20.8. The van der Waals surface area contributed by atoms with Gasteiger partial charge in [0.2, 0.25) is 5.91 Å². The van der Waals surface area contributed by atoms with E-state index in [1.54, 1.807) is 4.90 Å². The van der Waals surface area contributed by atoms with Gasteiger partial charge >= 0.3 is 5.97 Å². The minimum absolute atomic E-state index is 0.0141. The van der Waals surface area contributed by atoms with E-state index in [1.165, 1.54) is 11.8 Å².